The molecular formula is C14H13NO3. The Morgan fingerprint density at radius 2 is 2.17 bits per heavy atom. The third-order valence-corrected chi connectivity index (χ3v) is 2.55. The Hall–Kier alpha value is -2.36. The lowest BCUT2D eigenvalue weighted by molar-refractivity contribution is 0.104. The van der Waals surface area contributed by atoms with E-state index in [9.17, 15) is 9.59 Å². The van der Waals surface area contributed by atoms with Crippen molar-refractivity contribution >= 4 is 11.9 Å². The number of aromatic nitrogens is 1. The first-order valence-corrected chi connectivity index (χ1v) is 5.54. The minimum Gasteiger partial charge on any atom is -0.465 e. The third kappa shape index (κ3) is 2.48. The first-order valence-electron chi connectivity index (χ1n) is 5.54. The lowest BCUT2D eigenvalue weighted by Crippen LogP contribution is -2.19. The summed E-state index contributed by atoms with van der Waals surface area (Å²) in [6.07, 6.45) is 4.40. The van der Waals surface area contributed by atoms with Crippen LogP contribution in [0.4, 0.5) is 0 Å². The predicted octanol–water partition coefficient (Wildman–Crippen LogP) is 2.48. The summed E-state index contributed by atoms with van der Waals surface area (Å²) >= 11 is 0. The van der Waals surface area contributed by atoms with Gasteiger partial charge in [-0.2, -0.15) is 0 Å². The summed E-state index contributed by atoms with van der Waals surface area (Å²) < 4.78 is 5.07. The fraction of sp³-hybridized carbons (Fsp3) is 0.143. The molecule has 2 aromatic heterocycles. The van der Waals surface area contributed by atoms with Crippen molar-refractivity contribution in [3.05, 3.63) is 63.5 Å². The number of nitrogens with one attached hydrogen (secondary N) is 1. The Labute approximate surface area is 104 Å². The van der Waals surface area contributed by atoms with Gasteiger partial charge in [0.2, 0.25) is 0 Å². The van der Waals surface area contributed by atoms with Crippen molar-refractivity contribution < 1.29 is 9.21 Å². The van der Waals surface area contributed by atoms with Gasteiger partial charge in [0.1, 0.15) is 5.76 Å². The summed E-state index contributed by atoms with van der Waals surface area (Å²) in [5.74, 6) is 0.245. The van der Waals surface area contributed by atoms with Crippen molar-refractivity contribution in [3.8, 4) is 0 Å². The molecule has 0 fully saturated rings. The molecule has 18 heavy (non-hydrogen) atoms. The van der Waals surface area contributed by atoms with Gasteiger partial charge in [0.15, 0.2) is 5.78 Å². The minimum atomic E-state index is -0.360. The molecule has 0 unspecified atom stereocenters. The third-order valence-electron chi connectivity index (χ3n) is 2.55. The van der Waals surface area contributed by atoms with Crippen LogP contribution in [0.15, 0.2) is 39.7 Å². The Morgan fingerprint density at radius 3 is 2.78 bits per heavy atom. The van der Waals surface area contributed by atoms with Crippen molar-refractivity contribution in [2.24, 2.45) is 0 Å². The molecule has 0 saturated heterocycles. The van der Waals surface area contributed by atoms with Crippen LogP contribution in [0.1, 0.15) is 27.4 Å². The van der Waals surface area contributed by atoms with Gasteiger partial charge in [-0.25, -0.2) is 0 Å². The fourth-order valence-corrected chi connectivity index (χ4v) is 1.79. The Kier molecular flexibility index (Phi) is 3.28. The maximum atomic E-state index is 11.9. The fourth-order valence-electron chi connectivity index (χ4n) is 1.79. The lowest BCUT2D eigenvalue weighted by atomic mass is 10.1. The van der Waals surface area contributed by atoms with Crippen LogP contribution in [0.25, 0.3) is 6.08 Å². The minimum absolute atomic E-state index is 0.170. The van der Waals surface area contributed by atoms with Crippen LogP contribution < -0.4 is 5.56 Å². The van der Waals surface area contributed by atoms with Gasteiger partial charge in [-0.1, -0.05) is 0 Å². The highest BCUT2D eigenvalue weighted by Crippen LogP contribution is 2.07. The molecule has 0 radical (unpaired) electrons. The molecule has 0 bridgehead atoms. The Morgan fingerprint density at radius 1 is 1.39 bits per heavy atom. The summed E-state index contributed by atoms with van der Waals surface area (Å²) in [4.78, 5) is 26.3. The number of hydrogen-bond donors (Lipinski definition) is 1. The molecule has 4 heteroatoms. The second-order valence-electron chi connectivity index (χ2n) is 4.05. The van der Waals surface area contributed by atoms with E-state index in [1.165, 1.54) is 12.3 Å². The number of aromatic amines is 1. The zero-order valence-electron chi connectivity index (χ0n) is 10.2. The SMILES string of the molecule is Cc1cc(C)c(C(=O)/C=C/c2ccco2)c(=O)[nH]1. The molecule has 0 aromatic carbocycles. The standard InChI is InChI=1S/C14H13NO3/c1-9-8-10(2)15-14(17)13(9)12(16)6-5-11-4-3-7-18-11/h3-8H,1-2H3,(H,15,17)/b6-5+. The summed E-state index contributed by atoms with van der Waals surface area (Å²) in [5, 5.41) is 0. The molecule has 92 valence electrons. The van der Waals surface area contributed by atoms with Crippen molar-refractivity contribution in [1.29, 1.82) is 0 Å². The molecule has 0 amide bonds. The van der Waals surface area contributed by atoms with Crippen molar-refractivity contribution in [3.63, 3.8) is 0 Å². The van der Waals surface area contributed by atoms with Crippen LogP contribution in [-0.4, -0.2) is 10.8 Å². The van der Waals surface area contributed by atoms with E-state index in [4.69, 9.17) is 4.42 Å². The number of carbonyl (C=O) groups excluding carboxylic acids is 1. The highest BCUT2D eigenvalue weighted by Gasteiger charge is 2.11. The second kappa shape index (κ2) is 4.87. The van der Waals surface area contributed by atoms with Crippen molar-refractivity contribution in [1.82, 2.24) is 4.98 Å². The average molecular weight is 243 g/mol. The predicted molar refractivity (Wildman–Crippen MR) is 68.6 cm³/mol. The van der Waals surface area contributed by atoms with Crippen LogP contribution in [0.5, 0.6) is 0 Å². The molecule has 2 rings (SSSR count). The smallest absolute Gasteiger partial charge is 0.259 e. The number of carbonyl (C=O) groups is 1. The molecule has 0 aliphatic carbocycles. The molecule has 0 aliphatic rings. The molecule has 0 spiro atoms. The quantitative estimate of drug-likeness (QED) is 0.665. The molecule has 0 atom stereocenters. The van der Waals surface area contributed by atoms with E-state index < -0.39 is 0 Å². The number of rotatable bonds is 3. The van der Waals surface area contributed by atoms with E-state index in [1.807, 2.05) is 0 Å². The maximum absolute atomic E-state index is 11.9. The molecule has 1 N–H and O–H groups in total. The molecule has 2 aromatic rings. The average Bonchev–Trinajstić information content (AvgIpc) is 2.77. The van der Waals surface area contributed by atoms with Crippen molar-refractivity contribution in [2.75, 3.05) is 0 Å². The Bertz CT molecular complexity index is 648. The number of hydrogen-bond acceptors (Lipinski definition) is 3. The normalized spacial score (nSPS) is 11.0. The summed E-state index contributed by atoms with van der Waals surface area (Å²) in [7, 11) is 0. The number of aryl methyl sites for hydroxylation is 2. The number of furan rings is 1. The van der Waals surface area contributed by atoms with E-state index in [0.717, 1.165) is 5.69 Å². The van der Waals surface area contributed by atoms with E-state index in [1.54, 1.807) is 38.1 Å². The monoisotopic (exact) mass is 243 g/mol. The number of ketones is 1. The number of pyridine rings is 1. The van der Waals surface area contributed by atoms with Crippen LogP contribution in [0.3, 0.4) is 0 Å². The topological polar surface area (TPSA) is 63.1 Å². The van der Waals surface area contributed by atoms with Gasteiger partial charge in [-0.15, -0.1) is 0 Å². The van der Waals surface area contributed by atoms with Crippen molar-refractivity contribution in [2.45, 2.75) is 13.8 Å². The summed E-state index contributed by atoms with van der Waals surface area (Å²) in [6.45, 7) is 3.53. The van der Waals surface area contributed by atoms with E-state index in [-0.39, 0.29) is 16.9 Å². The van der Waals surface area contributed by atoms with Crippen LogP contribution in [0, 0.1) is 13.8 Å². The van der Waals surface area contributed by atoms with Crippen LogP contribution >= 0.6 is 0 Å². The second-order valence-corrected chi connectivity index (χ2v) is 4.05. The van der Waals surface area contributed by atoms with E-state index in [0.29, 0.717) is 11.3 Å². The first-order chi connectivity index (χ1) is 8.58. The highest BCUT2D eigenvalue weighted by atomic mass is 16.3. The zero-order valence-corrected chi connectivity index (χ0v) is 10.2. The molecular weight excluding hydrogens is 230 g/mol. The summed E-state index contributed by atoms with van der Waals surface area (Å²) in [5.41, 5.74) is 1.22. The molecule has 4 nitrogen and oxygen atoms in total. The summed E-state index contributed by atoms with van der Waals surface area (Å²) in [6, 6.07) is 5.24. The van der Waals surface area contributed by atoms with Gasteiger partial charge >= 0.3 is 0 Å². The van der Waals surface area contributed by atoms with Crippen LogP contribution in [0.2, 0.25) is 0 Å². The molecule has 2 heterocycles. The zero-order chi connectivity index (χ0) is 13.1. The maximum Gasteiger partial charge on any atom is 0.259 e. The van der Waals surface area contributed by atoms with E-state index in [2.05, 4.69) is 4.98 Å². The number of H-pyrrole nitrogens is 1. The van der Waals surface area contributed by atoms with Gasteiger partial charge in [0.25, 0.3) is 5.56 Å². The molecule has 0 saturated carbocycles. The van der Waals surface area contributed by atoms with E-state index >= 15 is 0 Å². The van der Waals surface area contributed by atoms with Gasteiger partial charge in [0, 0.05) is 5.69 Å². The van der Waals surface area contributed by atoms with Gasteiger partial charge in [0.05, 0.1) is 11.8 Å². The first kappa shape index (κ1) is 12.1. The van der Waals surface area contributed by atoms with Gasteiger partial charge in [-0.05, 0) is 49.8 Å². The number of allylic oxidation sites excluding steroid dienone is 1. The van der Waals surface area contributed by atoms with Gasteiger partial charge < -0.3 is 9.40 Å². The largest absolute Gasteiger partial charge is 0.465 e. The highest BCUT2D eigenvalue weighted by molar-refractivity contribution is 6.07. The molecule has 0 aliphatic heterocycles. The Balaban J connectivity index is 2.33. The van der Waals surface area contributed by atoms with Gasteiger partial charge in [-0.3, -0.25) is 9.59 Å². The van der Waals surface area contributed by atoms with Crippen LogP contribution in [-0.2, 0) is 0 Å². The lowest BCUT2D eigenvalue weighted by Gasteiger charge is -2.01.